The Kier molecular flexibility index (Phi) is 4.56. The van der Waals surface area contributed by atoms with E-state index < -0.39 is 10.1 Å². The Morgan fingerprint density at radius 1 is 1.08 bits per heavy atom. The van der Waals surface area contributed by atoms with Gasteiger partial charge in [-0.25, -0.2) is 0 Å². The monoisotopic (exact) mass is 359 g/mol. The van der Waals surface area contributed by atoms with E-state index in [-0.39, 0.29) is 16.7 Å². The summed E-state index contributed by atoms with van der Waals surface area (Å²) in [6.07, 6.45) is 0.874. The third-order valence-electron chi connectivity index (χ3n) is 4.21. The number of nitrogens with one attached hydrogen (secondary N) is 1. The Hall–Kier alpha value is -2.34. The van der Waals surface area contributed by atoms with Crippen LogP contribution >= 0.6 is 0 Å². The van der Waals surface area contributed by atoms with E-state index in [2.05, 4.69) is 5.32 Å². The number of rotatable bonds is 4. The van der Waals surface area contributed by atoms with Gasteiger partial charge in [-0.15, -0.1) is 0 Å². The van der Waals surface area contributed by atoms with Crippen molar-refractivity contribution in [3.05, 3.63) is 53.1 Å². The molecule has 0 saturated heterocycles. The van der Waals surface area contributed by atoms with Crippen LogP contribution in [0.3, 0.4) is 0 Å². The maximum atomic E-state index is 12.6. The number of amides is 1. The second kappa shape index (κ2) is 6.52. The first-order valence-electron chi connectivity index (χ1n) is 8.23. The molecule has 132 valence electrons. The molecular formula is C19H21NO4S. The van der Waals surface area contributed by atoms with Crippen molar-refractivity contribution in [2.45, 2.75) is 44.4 Å². The van der Waals surface area contributed by atoms with Crippen LogP contribution in [0.4, 0.5) is 5.69 Å². The lowest BCUT2D eigenvalue weighted by Crippen LogP contribution is -2.19. The van der Waals surface area contributed by atoms with E-state index >= 15 is 0 Å². The number of fused-ring (bicyclic) bond motifs is 1. The summed E-state index contributed by atoms with van der Waals surface area (Å²) in [5.41, 5.74) is 3.44. The van der Waals surface area contributed by atoms with Gasteiger partial charge >= 0.3 is 10.1 Å². The van der Waals surface area contributed by atoms with E-state index in [0.717, 1.165) is 16.7 Å². The molecule has 3 rings (SSSR count). The number of anilines is 1. The zero-order chi connectivity index (χ0) is 18.2. The molecule has 0 spiro atoms. The van der Waals surface area contributed by atoms with Crippen LogP contribution in [0.5, 0.6) is 5.75 Å². The molecule has 1 heterocycles. The number of carbonyl (C=O) groups excluding carboxylic acids is 1. The number of benzene rings is 2. The SMILES string of the molecule is Cc1cc(OS(=O)(=O)c2ccc3c(c2)CCC(=O)N3)cc(C(C)C)c1. The normalized spacial score (nSPS) is 14.2. The van der Waals surface area contributed by atoms with Crippen molar-refractivity contribution in [1.29, 1.82) is 0 Å². The van der Waals surface area contributed by atoms with Crippen molar-refractivity contribution < 1.29 is 17.4 Å². The van der Waals surface area contributed by atoms with E-state index in [9.17, 15) is 13.2 Å². The minimum Gasteiger partial charge on any atom is -0.379 e. The summed E-state index contributed by atoms with van der Waals surface area (Å²) in [6.45, 7) is 6.00. The molecule has 1 N–H and O–H groups in total. The van der Waals surface area contributed by atoms with Crippen molar-refractivity contribution in [2.75, 3.05) is 5.32 Å². The molecule has 1 aliphatic rings. The van der Waals surface area contributed by atoms with Crippen molar-refractivity contribution in [3.63, 3.8) is 0 Å². The molecule has 0 fully saturated rings. The van der Waals surface area contributed by atoms with Crippen LogP contribution in [0.25, 0.3) is 0 Å². The Morgan fingerprint density at radius 2 is 1.84 bits per heavy atom. The first-order valence-corrected chi connectivity index (χ1v) is 9.64. The molecule has 0 saturated carbocycles. The Labute approximate surface area is 148 Å². The van der Waals surface area contributed by atoms with E-state index in [4.69, 9.17) is 4.18 Å². The van der Waals surface area contributed by atoms with Crippen LogP contribution < -0.4 is 9.50 Å². The molecule has 1 amide bonds. The van der Waals surface area contributed by atoms with Gasteiger partial charge in [0.25, 0.3) is 0 Å². The van der Waals surface area contributed by atoms with E-state index in [1.807, 2.05) is 26.8 Å². The number of aryl methyl sites for hydroxylation is 2. The van der Waals surface area contributed by atoms with Gasteiger partial charge in [0.2, 0.25) is 5.91 Å². The van der Waals surface area contributed by atoms with Gasteiger partial charge in [0.05, 0.1) is 0 Å². The molecule has 0 atom stereocenters. The summed E-state index contributed by atoms with van der Waals surface area (Å²) in [4.78, 5) is 11.5. The molecule has 0 bridgehead atoms. The lowest BCUT2D eigenvalue weighted by molar-refractivity contribution is -0.116. The summed E-state index contributed by atoms with van der Waals surface area (Å²) in [6, 6.07) is 10.1. The zero-order valence-corrected chi connectivity index (χ0v) is 15.3. The highest BCUT2D eigenvalue weighted by Crippen LogP contribution is 2.29. The predicted molar refractivity (Wildman–Crippen MR) is 96.5 cm³/mol. The molecule has 0 aromatic heterocycles. The van der Waals surface area contributed by atoms with Crippen LogP contribution in [-0.2, 0) is 21.3 Å². The zero-order valence-electron chi connectivity index (χ0n) is 14.5. The molecule has 5 nitrogen and oxygen atoms in total. The lowest BCUT2D eigenvalue weighted by atomic mass is 10.0. The average molecular weight is 359 g/mol. The van der Waals surface area contributed by atoms with Crippen molar-refractivity contribution in [3.8, 4) is 5.75 Å². The topological polar surface area (TPSA) is 72.5 Å². The van der Waals surface area contributed by atoms with E-state index in [1.165, 1.54) is 6.07 Å². The molecule has 6 heteroatoms. The van der Waals surface area contributed by atoms with E-state index in [0.29, 0.717) is 24.3 Å². The maximum Gasteiger partial charge on any atom is 0.339 e. The van der Waals surface area contributed by atoms with Crippen molar-refractivity contribution >= 4 is 21.7 Å². The number of carbonyl (C=O) groups is 1. The number of hydrogen-bond acceptors (Lipinski definition) is 4. The molecule has 0 radical (unpaired) electrons. The highest BCUT2D eigenvalue weighted by atomic mass is 32.2. The first kappa shape index (κ1) is 17.5. The minimum absolute atomic E-state index is 0.0552. The molecule has 2 aromatic carbocycles. The molecule has 0 aliphatic carbocycles. The van der Waals surface area contributed by atoms with Crippen molar-refractivity contribution in [1.82, 2.24) is 0 Å². The molecular weight excluding hydrogens is 338 g/mol. The lowest BCUT2D eigenvalue weighted by Gasteiger charge is -2.18. The molecule has 1 aliphatic heterocycles. The molecule has 0 unspecified atom stereocenters. The highest BCUT2D eigenvalue weighted by Gasteiger charge is 2.22. The maximum absolute atomic E-state index is 12.6. The van der Waals surface area contributed by atoms with Crippen LogP contribution in [0.15, 0.2) is 41.3 Å². The van der Waals surface area contributed by atoms with Gasteiger partial charge in [-0.2, -0.15) is 8.42 Å². The van der Waals surface area contributed by atoms with Gasteiger partial charge in [0.15, 0.2) is 0 Å². The predicted octanol–water partition coefficient (Wildman–Crippen LogP) is 3.77. The fourth-order valence-corrected chi connectivity index (χ4v) is 3.82. The average Bonchev–Trinajstić information content (AvgIpc) is 2.53. The Balaban J connectivity index is 1.91. The van der Waals surface area contributed by atoms with Gasteiger partial charge in [-0.1, -0.05) is 19.9 Å². The second-order valence-corrected chi connectivity index (χ2v) is 8.19. The third kappa shape index (κ3) is 3.85. The standard InChI is InChI=1S/C19H21NO4S/c1-12(2)15-8-13(3)9-16(10-15)24-25(22,23)17-5-6-18-14(11-17)4-7-19(21)20-18/h5-6,8-12H,4,7H2,1-3H3,(H,20,21). The Bertz CT molecular complexity index is 932. The quantitative estimate of drug-likeness (QED) is 0.844. The molecule has 2 aromatic rings. The first-order chi connectivity index (χ1) is 11.7. The van der Waals surface area contributed by atoms with Crippen molar-refractivity contribution in [2.24, 2.45) is 0 Å². The third-order valence-corrected chi connectivity index (χ3v) is 5.45. The summed E-state index contributed by atoms with van der Waals surface area (Å²) >= 11 is 0. The van der Waals surface area contributed by atoms with Gasteiger partial charge in [0.1, 0.15) is 10.6 Å². The highest BCUT2D eigenvalue weighted by molar-refractivity contribution is 7.87. The van der Waals surface area contributed by atoms with Gasteiger partial charge in [0, 0.05) is 12.1 Å². The summed E-state index contributed by atoms with van der Waals surface area (Å²) in [5, 5.41) is 2.74. The summed E-state index contributed by atoms with van der Waals surface area (Å²) in [5.74, 6) is 0.535. The van der Waals surface area contributed by atoms with Crippen LogP contribution in [-0.4, -0.2) is 14.3 Å². The number of hydrogen-bond donors (Lipinski definition) is 1. The fraction of sp³-hybridized carbons (Fsp3) is 0.316. The minimum atomic E-state index is -3.93. The second-order valence-electron chi connectivity index (χ2n) is 6.64. The van der Waals surface area contributed by atoms with Crippen LogP contribution in [0, 0.1) is 6.92 Å². The van der Waals surface area contributed by atoms with Gasteiger partial charge in [-0.05, 0) is 66.3 Å². The largest absolute Gasteiger partial charge is 0.379 e. The van der Waals surface area contributed by atoms with Gasteiger partial charge in [-0.3, -0.25) is 4.79 Å². The van der Waals surface area contributed by atoms with Gasteiger partial charge < -0.3 is 9.50 Å². The summed E-state index contributed by atoms with van der Waals surface area (Å²) in [7, 11) is -3.93. The Morgan fingerprint density at radius 3 is 2.56 bits per heavy atom. The fourth-order valence-electron chi connectivity index (χ4n) is 2.85. The molecule has 25 heavy (non-hydrogen) atoms. The summed E-state index contributed by atoms with van der Waals surface area (Å²) < 4.78 is 30.6. The van der Waals surface area contributed by atoms with Crippen LogP contribution in [0.1, 0.15) is 42.9 Å². The van der Waals surface area contributed by atoms with Crippen LogP contribution in [0.2, 0.25) is 0 Å². The van der Waals surface area contributed by atoms with E-state index in [1.54, 1.807) is 24.3 Å². The smallest absolute Gasteiger partial charge is 0.339 e.